The van der Waals surface area contributed by atoms with Crippen LogP contribution in [0.2, 0.25) is 0 Å². The molecular weight excluding hydrogens is 458 g/mol. The van der Waals surface area contributed by atoms with Crippen molar-refractivity contribution in [3.63, 3.8) is 0 Å². The Labute approximate surface area is 208 Å². The number of pyridine rings is 1. The molecular formula is C27H29N5O4. The van der Waals surface area contributed by atoms with E-state index < -0.39 is 6.10 Å². The molecule has 0 radical (unpaired) electrons. The van der Waals surface area contributed by atoms with E-state index in [4.69, 9.17) is 9.15 Å². The van der Waals surface area contributed by atoms with Gasteiger partial charge in [0.05, 0.1) is 12.0 Å². The molecule has 1 aromatic carbocycles. The third-order valence-corrected chi connectivity index (χ3v) is 7.30. The summed E-state index contributed by atoms with van der Waals surface area (Å²) in [5.74, 6) is 1.09. The molecule has 186 valence electrons. The number of carbonyl (C=O) groups is 1. The highest BCUT2D eigenvalue weighted by Crippen LogP contribution is 2.29. The molecule has 9 nitrogen and oxygen atoms in total. The second-order valence-corrected chi connectivity index (χ2v) is 9.54. The van der Waals surface area contributed by atoms with Gasteiger partial charge in [-0.25, -0.2) is 4.98 Å². The average molecular weight is 488 g/mol. The summed E-state index contributed by atoms with van der Waals surface area (Å²) < 4.78 is 11.8. The fourth-order valence-corrected chi connectivity index (χ4v) is 5.24. The van der Waals surface area contributed by atoms with Gasteiger partial charge in [-0.15, -0.1) is 0 Å². The van der Waals surface area contributed by atoms with Crippen LogP contribution in [0.1, 0.15) is 24.8 Å². The van der Waals surface area contributed by atoms with E-state index in [-0.39, 0.29) is 11.9 Å². The number of hydrogen-bond acceptors (Lipinski definition) is 7. The highest BCUT2D eigenvalue weighted by molar-refractivity contribution is 5.83. The molecule has 1 amide bonds. The summed E-state index contributed by atoms with van der Waals surface area (Å²) in [7, 11) is 0. The van der Waals surface area contributed by atoms with Gasteiger partial charge in [0.1, 0.15) is 17.4 Å². The van der Waals surface area contributed by atoms with E-state index in [1.807, 2.05) is 47.6 Å². The smallest absolute Gasteiger partial charge is 0.251 e. The maximum Gasteiger partial charge on any atom is 0.251 e. The quantitative estimate of drug-likeness (QED) is 0.410. The summed E-state index contributed by atoms with van der Waals surface area (Å²) >= 11 is 0. The van der Waals surface area contributed by atoms with E-state index in [2.05, 4.69) is 20.1 Å². The van der Waals surface area contributed by atoms with Crippen LogP contribution < -0.4 is 4.74 Å². The van der Waals surface area contributed by atoms with Crippen molar-refractivity contribution in [2.75, 3.05) is 26.2 Å². The fourth-order valence-electron chi connectivity index (χ4n) is 5.24. The van der Waals surface area contributed by atoms with Crippen LogP contribution in [0.4, 0.5) is 0 Å². The number of H-pyrrole nitrogens is 1. The molecule has 2 N–H and O–H groups in total. The summed E-state index contributed by atoms with van der Waals surface area (Å²) in [5, 5.41) is 17.7. The maximum atomic E-state index is 12.1. The summed E-state index contributed by atoms with van der Waals surface area (Å²) in [6, 6.07) is 11.8. The first-order valence-corrected chi connectivity index (χ1v) is 12.5. The molecule has 5 heterocycles. The third kappa shape index (κ3) is 4.59. The predicted octanol–water partition coefficient (Wildman–Crippen LogP) is 3.61. The number of rotatable bonds is 7. The zero-order chi connectivity index (χ0) is 24.5. The van der Waals surface area contributed by atoms with E-state index in [0.717, 1.165) is 61.1 Å². The molecule has 0 aliphatic carbocycles. The van der Waals surface area contributed by atoms with Crippen LogP contribution in [0.3, 0.4) is 0 Å². The molecule has 4 aromatic rings. The zero-order valence-electron chi connectivity index (χ0n) is 20.0. The second-order valence-electron chi connectivity index (χ2n) is 9.54. The molecule has 0 spiro atoms. The highest BCUT2D eigenvalue weighted by Gasteiger charge is 2.35. The van der Waals surface area contributed by atoms with Crippen molar-refractivity contribution in [3.8, 4) is 22.9 Å². The lowest BCUT2D eigenvalue weighted by molar-refractivity contribution is -0.137. The van der Waals surface area contributed by atoms with Crippen LogP contribution >= 0.6 is 0 Å². The number of hydrogen-bond donors (Lipinski definition) is 2. The Morgan fingerprint density at radius 2 is 2.00 bits per heavy atom. The first-order chi connectivity index (χ1) is 17.6. The molecule has 3 aromatic heterocycles. The number of likely N-dealkylation sites (tertiary alicyclic amines) is 2. The number of nitrogens with one attached hydrogen (secondary N) is 1. The number of aliphatic hydroxyl groups is 1. The minimum absolute atomic E-state index is 0.0939. The monoisotopic (exact) mass is 487 g/mol. The predicted molar refractivity (Wildman–Crippen MR) is 134 cm³/mol. The molecule has 6 rings (SSSR count). The molecule has 0 bridgehead atoms. The average Bonchev–Trinajstić information content (AvgIpc) is 3.65. The number of benzene rings is 1. The van der Waals surface area contributed by atoms with Gasteiger partial charge in [-0.3, -0.25) is 9.89 Å². The van der Waals surface area contributed by atoms with E-state index in [1.54, 1.807) is 12.4 Å². The van der Waals surface area contributed by atoms with Gasteiger partial charge in [0, 0.05) is 67.7 Å². The van der Waals surface area contributed by atoms with Crippen molar-refractivity contribution < 1.29 is 19.1 Å². The second kappa shape index (κ2) is 9.75. The molecule has 2 saturated heterocycles. The van der Waals surface area contributed by atoms with Gasteiger partial charge >= 0.3 is 0 Å². The Bertz CT molecular complexity index is 1330. The van der Waals surface area contributed by atoms with Crippen LogP contribution in [0.5, 0.6) is 11.6 Å². The number of carbonyl (C=O) groups excluding carboxylic acids is 1. The number of fused-ring (bicyclic) bond motifs is 1. The van der Waals surface area contributed by atoms with Crippen LogP contribution in [-0.2, 0) is 11.2 Å². The van der Waals surface area contributed by atoms with Gasteiger partial charge < -0.3 is 24.1 Å². The molecule has 2 aliphatic rings. The Hall–Kier alpha value is -3.69. The number of aliphatic hydroxyl groups excluding tert-OH is 1. The lowest BCUT2D eigenvalue weighted by Crippen LogP contribution is -2.46. The first-order valence-electron chi connectivity index (χ1n) is 12.5. The van der Waals surface area contributed by atoms with Crippen molar-refractivity contribution in [2.24, 2.45) is 0 Å². The molecule has 9 heteroatoms. The number of piperidine rings is 1. The number of nitrogens with zero attached hydrogens (tertiary/aromatic N) is 4. The number of ether oxygens (including phenoxy) is 1. The van der Waals surface area contributed by atoms with Crippen molar-refractivity contribution in [3.05, 3.63) is 60.6 Å². The molecule has 1 unspecified atom stereocenters. The van der Waals surface area contributed by atoms with Gasteiger partial charge in [0.2, 0.25) is 5.88 Å². The zero-order valence-corrected chi connectivity index (χ0v) is 20.0. The molecule has 1 atom stereocenters. The Kier molecular flexibility index (Phi) is 6.16. The first kappa shape index (κ1) is 22.8. The van der Waals surface area contributed by atoms with E-state index in [9.17, 15) is 9.90 Å². The third-order valence-electron chi connectivity index (χ3n) is 7.30. The number of amides is 1. The van der Waals surface area contributed by atoms with Crippen molar-refractivity contribution in [1.82, 2.24) is 25.0 Å². The summed E-state index contributed by atoms with van der Waals surface area (Å²) in [5.41, 5.74) is 3.82. The van der Waals surface area contributed by atoms with Gasteiger partial charge in [0.15, 0.2) is 0 Å². The van der Waals surface area contributed by atoms with Crippen molar-refractivity contribution in [1.29, 1.82) is 0 Å². The van der Waals surface area contributed by atoms with E-state index in [1.165, 1.54) is 5.56 Å². The topological polar surface area (TPSA) is 108 Å². The van der Waals surface area contributed by atoms with Gasteiger partial charge in [0.25, 0.3) is 5.91 Å². The van der Waals surface area contributed by atoms with Gasteiger partial charge in [-0.1, -0.05) is 0 Å². The van der Waals surface area contributed by atoms with E-state index in [0.29, 0.717) is 24.6 Å². The molecule has 2 fully saturated rings. The lowest BCUT2D eigenvalue weighted by atomic mass is 10.0. The summed E-state index contributed by atoms with van der Waals surface area (Å²) in [6.45, 7) is 3.56. The summed E-state index contributed by atoms with van der Waals surface area (Å²) in [6.07, 6.45) is 7.88. The normalized spacial score (nSPS) is 19.4. The van der Waals surface area contributed by atoms with E-state index >= 15 is 0 Å². The van der Waals surface area contributed by atoms with Gasteiger partial charge in [-0.2, -0.15) is 5.10 Å². The fraction of sp³-hybridized carbons (Fsp3) is 0.370. The molecule has 0 saturated carbocycles. The molecule has 2 aliphatic heterocycles. The van der Waals surface area contributed by atoms with Crippen molar-refractivity contribution >= 4 is 16.9 Å². The minimum atomic E-state index is -0.798. The van der Waals surface area contributed by atoms with Crippen LogP contribution in [0.15, 0.2) is 59.5 Å². The highest BCUT2D eigenvalue weighted by atomic mass is 16.5. The lowest BCUT2D eigenvalue weighted by Gasteiger charge is -2.36. The van der Waals surface area contributed by atoms with Gasteiger partial charge in [-0.05, 0) is 55.5 Å². The van der Waals surface area contributed by atoms with Crippen LogP contribution in [0.25, 0.3) is 22.2 Å². The van der Waals surface area contributed by atoms with Crippen LogP contribution in [0, 0.1) is 0 Å². The SMILES string of the molecule is O=C1C(O)CCN1C1CCN(CCc2coc3cc(Oc4ccc(-c5ccn[nH]5)cn4)ccc23)CC1. The standard InChI is InChI=1S/C27H29N5O4/c33-24-9-14-32(27(24)34)20-7-12-31(13-8-20)11-6-19-17-35-25-15-21(2-3-22(19)25)36-26-4-1-18(16-28-26)23-5-10-29-30-23/h1-5,10,15-17,20,24,33H,6-9,11-14H2,(H,29,30). The number of furan rings is 1. The number of aromatic amines is 1. The van der Waals surface area contributed by atoms with Crippen LogP contribution in [-0.4, -0.2) is 74.3 Å². The Balaban J connectivity index is 1.04. The summed E-state index contributed by atoms with van der Waals surface area (Å²) in [4.78, 5) is 20.8. The minimum Gasteiger partial charge on any atom is -0.464 e. The Morgan fingerprint density at radius 3 is 2.72 bits per heavy atom. The largest absolute Gasteiger partial charge is 0.464 e. The molecule has 36 heavy (non-hydrogen) atoms. The number of aromatic nitrogens is 3. The maximum absolute atomic E-state index is 12.1. The van der Waals surface area contributed by atoms with Crippen molar-refractivity contribution in [2.45, 2.75) is 37.8 Å². The Morgan fingerprint density at radius 1 is 1.11 bits per heavy atom.